The number of aromatic carboxylic acids is 1. The summed E-state index contributed by atoms with van der Waals surface area (Å²) in [4.78, 5) is 32.8. The Kier molecular flexibility index (Phi) is 5.61. The first-order valence-electron chi connectivity index (χ1n) is 10.4. The molecule has 2 aliphatic rings. The molecule has 11 nitrogen and oxygen atoms in total. The smallest absolute Gasteiger partial charge is 0.433 e. The number of nitrogens with one attached hydrogen (secondary N) is 1. The molecule has 0 saturated carbocycles. The standard InChI is InChI=1S/C20H26BN4O7/c1-10-11(2)21(29,30)32-18-14(10)3-4-16(17(18)20(27)28)31-13-7-25(8-13)19(26)15(22)5-12-6-23-9-24-12/h3-4,6,9-11,13,15,29-30H,5,7-8,22H2,1-2H3,(H,23,24)(H,27,28)/q-1/t10-,11+,15-/m0/s1. The number of carbonyl (C=O) groups is 2. The van der Waals surface area contributed by atoms with Gasteiger partial charge >= 0.3 is 12.7 Å². The van der Waals surface area contributed by atoms with Crippen LogP contribution in [0.15, 0.2) is 24.7 Å². The van der Waals surface area contributed by atoms with E-state index in [-0.39, 0.29) is 42.0 Å². The van der Waals surface area contributed by atoms with E-state index in [0.29, 0.717) is 12.0 Å². The van der Waals surface area contributed by atoms with Crippen LogP contribution in [0.2, 0.25) is 5.82 Å². The minimum Gasteiger partial charge on any atom is -0.669 e. The summed E-state index contributed by atoms with van der Waals surface area (Å²) in [6.07, 6.45) is 3.03. The molecular weight excluding hydrogens is 419 g/mol. The third-order valence-corrected chi connectivity index (χ3v) is 6.38. The van der Waals surface area contributed by atoms with E-state index < -0.39 is 30.7 Å². The maximum absolute atomic E-state index is 12.5. The van der Waals surface area contributed by atoms with Crippen LogP contribution in [0.1, 0.15) is 41.4 Å². The summed E-state index contributed by atoms with van der Waals surface area (Å²) in [6, 6.07) is 2.49. The molecule has 2 aromatic rings. The molecule has 12 heteroatoms. The van der Waals surface area contributed by atoms with Crippen LogP contribution in [-0.4, -0.2) is 73.9 Å². The number of aromatic amines is 1. The quantitative estimate of drug-likeness (QED) is 0.386. The van der Waals surface area contributed by atoms with Crippen molar-refractivity contribution in [3.8, 4) is 11.5 Å². The SMILES string of the molecule is C[C@@H]1c2ccc(OC3CN(C(=O)[C@@H](N)Cc4cnc[nH]4)C3)c(C(=O)O)c2O[B-](O)(O)[C@@H]1C. The number of ether oxygens (including phenoxy) is 1. The molecule has 32 heavy (non-hydrogen) atoms. The van der Waals surface area contributed by atoms with E-state index in [1.807, 2.05) is 0 Å². The van der Waals surface area contributed by atoms with Crippen molar-refractivity contribution in [3.05, 3.63) is 41.5 Å². The van der Waals surface area contributed by atoms with E-state index in [0.717, 1.165) is 5.69 Å². The first-order valence-corrected chi connectivity index (χ1v) is 10.4. The Labute approximate surface area is 184 Å². The number of fused-ring (bicyclic) bond motifs is 1. The molecule has 1 amide bonds. The Bertz CT molecular complexity index is 1020. The number of hydrogen-bond donors (Lipinski definition) is 5. The van der Waals surface area contributed by atoms with Crippen molar-refractivity contribution in [2.24, 2.45) is 5.73 Å². The van der Waals surface area contributed by atoms with Crippen molar-refractivity contribution in [3.63, 3.8) is 0 Å². The number of amides is 1. The van der Waals surface area contributed by atoms with Crippen molar-refractivity contribution < 1.29 is 34.1 Å². The summed E-state index contributed by atoms with van der Waals surface area (Å²) in [6.45, 7) is 0.710. The van der Waals surface area contributed by atoms with Gasteiger partial charge in [0, 0.05) is 18.3 Å². The number of hydrogen-bond acceptors (Lipinski definition) is 8. The molecule has 0 spiro atoms. The van der Waals surface area contributed by atoms with E-state index in [2.05, 4.69) is 9.97 Å². The average Bonchev–Trinajstić information content (AvgIpc) is 3.20. The molecule has 2 aliphatic heterocycles. The number of nitrogens with zero attached hydrogens (tertiary/aromatic N) is 2. The molecule has 0 aliphatic carbocycles. The highest BCUT2D eigenvalue weighted by molar-refractivity contribution is 6.61. The summed E-state index contributed by atoms with van der Waals surface area (Å²) < 4.78 is 11.2. The van der Waals surface area contributed by atoms with Crippen molar-refractivity contribution in [2.45, 2.75) is 44.1 Å². The molecule has 1 aromatic carbocycles. The van der Waals surface area contributed by atoms with Gasteiger partial charge in [-0.2, -0.15) is 0 Å². The number of imidazole rings is 1. The number of benzene rings is 1. The average molecular weight is 445 g/mol. The zero-order valence-corrected chi connectivity index (χ0v) is 17.8. The number of carbonyl (C=O) groups excluding carboxylic acids is 1. The van der Waals surface area contributed by atoms with Crippen molar-refractivity contribution in [1.29, 1.82) is 0 Å². The van der Waals surface area contributed by atoms with Crippen LogP contribution >= 0.6 is 0 Å². The molecule has 1 aromatic heterocycles. The number of carboxylic acids is 1. The van der Waals surface area contributed by atoms with Crippen LogP contribution in [-0.2, 0) is 11.2 Å². The highest BCUT2D eigenvalue weighted by Gasteiger charge is 2.43. The largest absolute Gasteiger partial charge is 0.669 e. The Hall–Kier alpha value is -3.09. The molecule has 0 bridgehead atoms. The second-order valence-electron chi connectivity index (χ2n) is 8.56. The highest BCUT2D eigenvalue weighted by atomic mass is 16.6. The predicted octanol–water partition coefficient (Wildman–Crippen LogP) is 0.0770. The van der Waals surface area contributed by atoms with E-state index in [1.165, 1.54) is 12.4 Å². The van der Waals surface area contributed by atoms with E-state index in [4.69, 9.17) is 15.1 Å². The number of nitrogens with two attached hydrogens (primary N) is 1. The minimum atomic E-state index is -3.22. The number of aromatic nitrogens is 2. The third-order valence-electron chi connectivity index (χ3n) is 6.38. The fourth-order valence-electron chi connectivity index (χ4n) is 4.13. The molecule has 4 rings (SSSR count). The molecule has 6 N–H and O–H groups in total. The lowest BCUT2D eigenvalue weighted by Gasteiger charge is -2.46. The van der Waals surface area contributed by atoms with Gasteiger partial charge in [-0.25, -0.2) is 9.78 Å². The second-order valence-corrected chi connectivity index (χ2v) is 8.56. The van der Waals surface area contributed by atoms with Crippen molar-refractivity contribution in [2.75, 3.05) is 13.1 Å². The first-order chi connectivity index (χ1) is 15.1. The van der Waals surface area contributed by atoms with Gasteiger partial charge in [-0.15, -0.1) is 0 Å². The maximum atomic E-state index is 12.5. The van der Waals surface area contributed by atoms with Crippen LogP contribution in [0.25, 0.3) is 0 Å². The van der Waals surface area contributed by atoms with Crippen LogP contribution in [0.4, 0.5) is 0 Å². The third kappa shape index (κ3) is 3.92. The van der Waals surface area contributed by atoms with Crippen LogP contribution in [0.5, 0.6) is 11.5 Å². The first kappa shape index (κ1) is 22.1. The summed E-state index contributed by atoms with van der Waals surface area (Å²) in [5.74, 6) is -2.52. The van der Waals surface area contributed by atoms with Gasteiger partial charge in [0.15, 0.2) is 0 Å². The lowest BCUT2D eigenvalue weighted by atomic mass is 9.56. The van der Waals surface area contributed by atoms with Gasteiger partial charge in [0.2, 0.25) is 5.91 Å². The van der Waals surface area contributed by atoms with E-state index in [9.17, 15) is 24.7 Å². The highest BCUT2D eigenvalue weighted by Crippen LogP contribution is 2.48. The lowest BCUT2D eigenvalue weighted by Crippen LogP contribution is -2.60. The Morgan fingerprint density at radius 3 is 2.72 bits per heavy atom. The zero-order valence-electron chi connectivity index (χ0n) is 17.8. The number of H-pyrrole nitrogens is 1. The maximum Gasteiger partial charge on any atom is 0.433 e. The fraction of sp³-hybridized carbons (Fsp3) is 0.450. The lowest BCUT2D eigenvalue weighted by molar-refractivity contribution is -0.141. The molecule has 3 atom stereocenters. The van der Waals surface area contributed by atoms with Crippen LogP contribution in [0, 0.1) is 0 Å². The minimum absolute atomic E-state index is 0.0449. The molecule has 3 heterocycles. The molecule has 0 unspecified atom stereocenters. The molecule has 0 radical (unpaired) electrons. The number of likely N-dealkylation sites (tertiary alicyclic amines) is 1. The van der Waals surface area contributed by atoms with Gasteiger partial charge < -0.3 is 40.2 Å². The van der Waals surface area contributed by atoms with E-state index >= 15 is 0 Å². The van der Waals surface area contributed by atoms with Crippen LogP contribution < -0.4 is 15.1 Å². The van der Waals surface area contributed by atoms with E-state index in [1.54, 1.807) is 31.0 Å². The molecular formula is C20H26BN4O7-. The second kappa shape index (κ2) is 8.12. The van der Waals surface area contributed by atoms with Gasteiger partial charge in [0.25, 0.3) is 0 Å². The molecule has 172 valence electrons. The van der Waals surface area contributed by atoms with Gasteiger partial charge in [-0.1, -0.05) is 25.7 Å². The monoisotopic (exact) mass is 445 g/mol. The molecule has 1 fully saturated rings. The Morgan fingerprint density at radius 1 is 1.38 bits per heavy atom. The Balaban J connectivity index is 1.46. The van der Waals surface area contributed by atoms with Crippen molar-refractivity contribution in [1.82, 2.24) is 14.9 Å². The van der Waals surface area contributed by atoms with Crippen molar-refractivity contribution >= 4 is 18.6 Å². The zero-order chi connectivity index (χ0) is 23.2. The summed E-state index contributed by atoms with van der Waals surface area (Å²) >= 11 is 0. The summed E-state index contributed by atoms with van der Waals surface area (Å²) in [5, 5.41) is 30.2. The molecule has 1 saturated heterocycles. The normalized spacial score (nSPS) is 23.0. The predicted molar refractivity (Wildman–Crippen MR) is 113 cm³/mol. The number of rotatable bonds is 6. The number of carboxylic acid groups (broad SMARTS) is 1. The van der Waals surface area contributed by atoms with Gasteiger partial charge in [0.1, 0.15) is 17.4 Å². The van der Waals surface area contributed by atoms with Crippen LogP contribution in [0.3, 0.4) is 0 Å². The summed E-state index contributed by atoms with van der Waals surface area (Å²) in [7, 11) is 0. The van der Waals surface area contributed by atoms with Gasteiger partial charge in [0.05, 0.1) is 31.2 Å². The van der Waals surface area contributed by atoms with Gasteiger partial charge in [-0.3, -0.25) is 4.79 Å². The Morgan fingerprint density at radius 2 is 2.09 bits per heavy atom. The van der Waals surface area contributed by atoms with Gasteiger partial charge in [-0.05, 0) is 17.5 Å². The summed E-state index contributed by atoms with van der Waals surface area (Å²) in [5.41, 5.74) is 7.04. The topological polar surface area (TPSA) is 171 Å². The fourth-order valence-corrected chi connectivity index (χ4v) is 4.13.